The maximum Gasteiger partial charge on any atom is 0.240 e. The van der Waals surface area contributed by atoms with Gasteiger partial charge in [0.25, 0.3) is 0 Å². The molecule has 0 aliphatic heterocycles. The van der Waals surface area contributed by atoms with Crippen LogP contribution in [0.3, 0.4) is 0 Å². The summed E-state index contributed by atoms with van der Waals surface area (Å²) in [6.07, 6.45) is 1.90. The van der Waals surface area contributed by atoms with Crippen LogP contribution < -0.4 is 10.2 Å². The van der Waals surface area contributed by atoms with Crippen molar-refractivity contribution in [3.8, 4) is 5.75 Å². The first-order valence-electron chi connectivity index (χ1n) is 8.43. The van der Waals surface area contributed by atoms with Crippen molar-refractivity contribution in [2.75, 3.05) is 5.75 Å². The number of nitrogens with one attached hydrogen (secondary N) is 1. The predicted octanol–water partition coefficient (Wildman–Crippen LogP) is 3.82. The number of thiol groups is 1. The number of hydrogen-bond donors (Lipinski definition) is 2. The molecule has 0 saturated carbocycles. The summed E-state index contributed by atoms with van der Waals surface area (Å²) in [7, 11) is 0. The van der Waals surface area contributed by atoms with Crippen molar-refractivity contribution in [1.29, 1.82) is 0 Å². The Balaban J connectivity index is 1.91. The highest BCUT2D eigenvalue weighted by molar-refractivity contribution is 8.12. The zero-order valence-electron chi connectivity index (χ0n) is 15.1. The number of rotatable bonds is 9. The molecule has 142 valence electrons. The Hall–Kier alpha value is -2.25. The quantitative estimate of drug-likeness (QED) is 0.380. The van der Waals surface area contributed by atoms with Gasteiger partial charge in [0, 0.05) is 19.1 Å². The van der Waals surface area contributed by atoms with Crippen LogP contribution in [0.25, 0.3) is 0 Å². The van der Waals surface area contributed by atoms with Gasteiger partial charge >= 0.3 is 0 Å². The minimum Gasteiger partial charge on any atom is -0.489 e. The zero-order chi connectivity index (χ0) is 19.5. The molecule has 0 atom stereocenters. The second-order valence-electron chi connectivity index (χ2n) is 5.73. The average Bonchev–Trinajstić information content (AvgIpc) is 2.66. The molecule has 0 aliphatic rings. The lowest BCUT2D eigenvalue weighted by Crippen LogP contribution is -2.17. The van der Waals surface area contributed by atoms with E-state index in [0.717, 1.165) is 16.7 Å². The van der Waals surface area contributed by atoms with Crippen LogP contribution in [-0.4, -0.2) is 23.0 Å². The summed E-state index contributed by atoms with van der Waals surface area (Å²) in [6.45, 7) is 2.00. The predicted molar refractivity (Wildman–Crippen MR) is 113 cm³/mol. The average molecular weight is 403 g/mol. The van der Waals surface area contributed by atoms with Crippen molar-refractivity contribution >= 4 is 41.6 Å². The Morgan fingerprint density at radius 1 is 1.19 bits per heavy atom. The van der Waals surface area contributed by atoms with Crippen molar-refractivity contribution in [3.05, 3.63) is 65.2 Å². The minimum atomic E-state index is -0.170. The topological polar surface area (TPSA) is 67.8 Å². The first-order valence-corrected chi connectivity index (χ1v) is 10.1. The molecule has 0 saturated heterocycles. The summed E-state index contributed by atoms with van der Waals surface area (Å²) in [4.78, 5) is 22.4. The van der Waals surface area contributed by atoms with Gasteiger partial charge in [0.15, 0.2) is 5.12 Å². The summed E-state index contributed by atoms with van der Waals surface area (Å²) in [5.41, 5.74) is 5.40. The molecule has 1 amide bonds. The Morgan fingerprint density at radius 2 is 1.96 bits per heavy atom. The fraction of sp³-hybridized carbons (Fsp3) is 0.250. The highest BCUT2D eigenvalue weighted by Gasteiger charge is 2.02. The molecule has 1 N–H and O–H groups in total. The molecule has 0 bridgehead atoms. The number of benzene rings is 2. The van der Waals surface area contributed by atoms with Crippen LogP contribution in [0.4, 0.5) is 0 Å². The van der Waals surface area contributed by atoms with Crippen LogP contribution in [0.1, 0.15) is 30.0 Å². The van der Waals surface area contributed by atoms with E-state index in [1.165, 1.54) is 11.8 Å². The van der Waals surface area contributed by atoms with Crippen LogP contribution >= 0.6 is 24.4 Å². The standard InChI is InChI=1S/C20H22N2O3S2/c1-15(23)27-14-18-6-2-5-17(10-18)13-25-19-7-3-4-16(11-19)12-21-22-20(24)8-9-26/h2-7,10-12,26H,8-9,13-14H2,1H3,(H,22,24)/b21-12-. The van der Waals surface area contributed by atoms with Gasteiger partial charge in [-0.3, -0.25) is 9.59 Å². The van der Waals surface area contributed by atoms with Gasteiger partial charge in [-0.1, -0.05) is 48.2 Å². The van der Waals surface area contributed by atoms with Crippen LogP contribution in [-0.2, 0) is 21.9 Å². The first kappa shape index (κ1) is 21.1. The maximum atomic E-state index is 11.4. The minimum absolute atomic E-state index is 0.108. The van der Waals surface area contributed by atoms with Gasteiger partial charge in [-0.15, -0.1) is 0 Å². The van der Waals surface area contributed by atoms with Gasteiger partial charge in [0.1, 0.15) is 12.4 Å². The third-order valence-corrected chi connectivity index (χ3v) is 4.55. The fourth-order valence-corrected chi connectivity index (χ4v) is 2.93. The summed E-state index contributed by atoms with van der Waals surface area (Å²) < 4.78 is 5.85. The Bertz CT molecular complexity index is 809. The van der Waals surface area contributed by atoms with E-state index in [4.69, 9.17) is 4.74 Å². The number of ether oxygens (including phenoxy) is 1. The van der Waals surface area contributed by atoms with Crippen LogP contribution in [0.5, 0.6) is 5.75 Å². The highest BCUT2D eigenvalue weighted by atomic mass is 32.2. The Labute approximate surface area is 169 Å². The van der Waals surface area contributed by atoms with Crippen molar-refractivity contribution in [2.45, 2.75) is 25.7 Å². The SMILES string of the molecule is CC(=O)SCc1cccc(COc2cccc(/C=N\NC(=O)CCS)c2)c1. The third-order valence-electron chi connectivity index (χ3n) is 3.44. The lowest BCUT2D eigenvalue weighted by atomic mass is 10.1. The van der Waals surface area contributed by atoms with Crippen molar-refractivity contribution < 1.29 is 14.3 Å². The highest BCUT2D eigenvalue weighted by Crippen LogP contribution is 2.17. The second kappa shape index (κ2) is 11.5. The van der Waals surface area contributed by atoms with E-state index >= 15 is 0 Å². The lowest BCUT2D eigenvalue weighted by Gasteiger charge is -2.08. The fourth-order valence-electron chi connectivity index (χ4n) is 2.18. The Kier molecular flexibility index (Phi) is 8.94. The third kappa shape index (κ3) is 8.32. The summed E-state index contributed by atoms with van der Waals surface area (Å²) in [6, 6.07) is 15.5. The van der Waals surface area contributed by atoms with E-state index in [-0.39, 0.29) is 11.0 Å². The number of hydrogen-bond acceptors (Lipinski definition) is 6. The van der Waals surface area contributed by atoms with Gasteiger partial charge in [-0.05, 0) is 34.6 Å². The molecule has 5 nitrogen and oxygen atoms in total. The molecular weight excluding hydrogens is 380 g/mol. The molecule has 2 aromatic rings. The number of carbonyl (C=O) groups excluding carboxylic acids is 2. The molecule has 2 rings (SSSR count). The monoisotopic (exact) mass is 402 g/mol. The van der Waals surface area contributed by atoms with Crippen molar-refractivity contribution in [1.82, 2.24) is 5.43 Å². The number of carbonyl (C=O) groups is 2. The molecule has 0 aliphatic carbocycles. The molecule has 0 aromatic heterocycles. The number of amides is 1. The molecular formula is C20H22N2O3S2. The first-order chi connectivity index (χ1) is 13.1. The zero-order valence-corrected chi connectivity index (χ0v) is 16.8. The molecule has 0 fully saturated rings. The summed E-state index contributed by atoms with van der Waals surface area (Å²) in [5.74, 6) is 1.69. The molecule has 0 heterocycles. The maximum absolute atomic E-state index is 11.4. The van der Waals surface area contributed by atoms with Gasteiger partial charge in [0.05, 0.1) is 6.21 Å². The summed E-state index contributed by atoms with van der Waals surface area (Å²) in [5, 5.41) is 4.03. The number of thioether (sulfide) groups is 1. The molecule has 7 heteroatoms. The Morgan fingerprint density at radius 3 is 2.74 bits per heavy atom. The molecule has 27 heavy (non-hydrogen) atoms. The lowest BCUT2D eigenvalue weighted by molar-refractivity contribution is -0.120. The molecule has 0 spiro atoms. The van der Waals surface area contributed by atoms with E-state index in [1.54, 1.807) is 13.1 Å². The van der Waals surface area contributed by atoms with Crippen LogP contribution in [0.15, 0.2) is 53.6 Å². The molecule has 2 aromatic carbocycles. The van der Waals surface area contributed by atoms with E-state index < -0.39 is 0 Å². The van der Waals surface area contributed by atoms with E-state index in [2.05, 4.69) is 23.2 Å². The van der Waals surface area contributed by atoms with E-state index in [1.807, 2.05) is 48.5 Å². The number of hydrazone groups is 1. The molecule has 0 radical (unpaired) electrons. The van der Waals surface area contributed by atoms with E-state index in [9.17, 15) is 9.59 Å². The van der Waals surface area contributed by atoms with Crippen LogP contribution in [0.2, 0.25) is 0 Å². The van der Waals surface area contributed by atoms with Gasteiger partial charge in [0.2, 0.25) is 5.91 Å². The number of nitrogens with zero attached hydrogens (tertiary/aromatic N) is 1. The van der Waals surface area contributed by atoms with Crippen molar-refractivity contribution in [2.24, 2.45) is 5.10 Å². The summed E-state index contributed by atoms with van der Waals surface area (Å²) >= 11 is 5.29. The second-order valence-corrected chi connectivity index (χ2v) is 7.33. The van der Waals surface area contributed by atoms with Crippen molar-refractivity contribution in [3.63, 3.8) is 0 Å². The van der Waals surface area contributed by atoms with Crippen LogP contribution in [0, 0.1) is 0 Å². The largest absolute Gasteiger partial charge is 0.489 e. The smallest absolute Gasteiger partial charge is 0.240 e. The van der Waals surface area contributed by atoms with Gasteiger partial charge in [-0.2, -0.15) is 17.7 Å². The van der Waals surface area contributed by atoms with Gasteiger partial charge in [-0.25, -0.2) is 5.43 Å². The van der Waals surface area contributed by atoms with E-state index in [0.29, 0.717) is 30.3 Å². The van der Waals surface area contributed by atoms with Gasteiger partial charge < -0.3 is 4.74 Å². The normalized spacial score (nSPS) is 10.7. The molecule has 0 unspecified atom stereocenters.